The molecule has 0 radical (unpaired) electrons. The minimum Gasteiger partial charge on any atom is -0.373 e. The lowest BCUT2D eigenvalue weighted by Gasteiger charge is -2.17. The second-order valence-corrected chi connectivity index (χ2v) is 5.38. The van der Waals surface area contributed by atoms with Crippen molar-refractivity contribution in [3.8, 4) is 0 Å². The summed E-state index contributed by atoms with van der Waals surface area (Å²) in [4.78, 5) is 0. The van der Waals surface area contributed by atoms with Gasteiger partial charge in [0, 0.05) is 17.1 Å². The second kappa shape index (κ2) is 7.85. The lowest BCUT2D eigenvalue weighted by Crippen LogP contribution is -2.33. The first-order valence-electron chi connectivity index (χ1n) is 6.21. The molecule has 0 aliphatic carbocycles. The van der Waals surface area contributed by atoms with Gasteiger partial charge < -0.3 is 10.1 Å². The largest absolute Gasteiger partial charge is 0.373 e. The Bertz CT molecular complexity index is 313. The highest BCUT2D eigenvalue weighted by Gasteiger charge is 2.04. The van der Waals surface area contributed by atoms with E-state index in [9.17, 15) is 0 Å². The van der Waals surface area contributed by atoms with Gasteiger partial charge in [0.2, 0.25) is 0 Å². The van der Waals surface area contributed by atoms with Gasteiger partial charge in [-0.2, -0.15) is 0 Å². The molecular formula is C14H22BrNO. The number of ether oxygens (including phenoxy) is 1. The van der Waals surface area contributed by atoms with Crippen LogP contribution >= 0.6 is 15.9 Å². The first-order valence-corrected chi connectivity index (χ1v) is 7.00. The van der Waals surface area contributed by atoms with Gasteiger partial charge in [0.05, 0.1) is 12.7 Å². The van der Waals surface area contributed by atoms with E-state index in [1.807, 2.05) is 12.1 Å². The second-order valence-electron chi connectivity index (χ2n) is 4.47. The van der Waals surface area contributed by atoms with Gasteiger partial charge in [0.15, 0.2) is 0 Å². The molecule has 3 heteroatoms. The molecule has 2 nitrogen and oxygen atoms in total. The standard InChI is InChI=1S/C14H22BrNO/c1-4-11(2)16-9-12(3)17-10-13-5-7-14(15)8-6-13/h5-8,11-12,16H,4,9-10H2,1-3H3. The van der Waals surface area contributed by atoms with Crippen molar-refractivity contribution >= 4 is 15.9 Å². The molecular weight excluding hydrogens is 278 g/mol. The minimum atomic E-state index is 0.243. The van der Waals surface area contributed by atoms with Gasteiger partial charge in [-0.05, 0) is 38.0 Å². The summed E-state index contributed by atoms with van der Waals surface area (Å²) in [6, 6.07) is 8.81. The number of halogens is 1. The van der Waals surface area contributed by atoms with E-state index >= 15 is 0 Å². The molecule has 2 unspecified atom stereocenters. The highest BCUT2D eigenvalue weighted by atomic mass is 79.9. The Morgan fingerprint density at radius 2 is 1.88 bits per heavy atom. The summed E-state index contributed by atoms with van der Waals surface area (Å²) in [5, 5.41) is 3.44. The normalized spacial score (nSPS) is 14.6. The molecule has 17 heavy (non-hydrogen) atoms. The van der Waals surface area contributed by atoms with Crippen LogP contribution in [0.5, 0.6) is 0 Å². The Morgan fingerprint density at radius 1 is 1.24 bits per heavy atom. The van der Waals surface area contributed by atoms with Crippen molar-refractivity contribution < 1.29 is 4.74 Å². The van der Waals surface area contributed by atoms with Crippen molar-refractivity contribution in [2.75, 3.05) is 6.54 Å². The zero-order valence-electron chi connectivity index (χ0n) is 10.9. The minimum absolute atomic E-state index is 0.243. The van der Waals surface area contributed by atoms with Crippen LogP contribution in [0.2, 0.25) is 0 Å². The first-order chi connectivity index (χ1) is 8.11. The van der Waals surface area contributed by atoms with Gasteiger partial charge >= 0.3 is 0 Å². The maximum Gasteiger partial charge on any atom is 0.0721 e. The van der Waals surface area contributed by atoms with E-state index in [0.29, 0.717) is 12.6 Å². The molecule has 0 spiro atoms. The fourth-order valence-corrected chi connectivity index (χ4v) is 1.65. The zero-order valence-corrected chi connectivity index (χ0v) is 12.5. The lowest BCUT2D eigenvalue weighted by molar-refractivity contribution is 0.0516. The third-order valence-electron chi connectivity index (χ3n) is 2.81. The van der Waals surface area contributed by atoms with Crippen LogP contribution in [-0.4, -0.2) is 18.7 Å². The van der Waals surface area contributed by atoms with Crippen LogP contribution in [0.4, 0.5) is 0 Å². The van der Waals surface area contributed by atoms with E-state index in [0.717, 1.165) is 17.4 Å². The maximum atomic E-state index is 5.78. The summed E-state index contributed by atoms with van der Waals surface area (Å²) >= 11 is 3.42. The summed E-state index contributed by atoms with van der Waals surface area (Å²) in [5.41, 5.74) is 1.21. The topological polar surface area (TPSA) is 21.3 Å². The smallest absolute Gasteiger partial charge is 0.0721 e. The SMILES string of the molecule is CCC(C)NCC(C)OCc1ccc(Br)cc1. The van der Waals surface area contributed by atoms with Crippen molar-refractivity contribution in [2.24, 2.45) is 0 Å². The predicted molar refractivity (Wildman–Crippen MR) is 76.1 cm³/mol. The molecule has 0 saturated carbocycles. The molecule has 1 N–H and O–H groups in total. The van der Waals surface area contributed by atoms with Crippen molar-refractivity contribution in [2.45, 2.75) is 45.9 Å². The molecule has 0 amide bonds. The Balaban J connectivity index is 2.23. The Kier molecular flexibility index (Phi) is 6.78. The number of rotatable bonds is 7. The third kappa shape index (κ3) is 6.20. The van der Waals surface area contributed by atoms with Crippen molar-refractivity contribution in [3.05, 3.63) is 34.3 Å². The van der Waals surface area contributed by atoms with Gasteiger partial charge in [-0.25, -0.2) is 0 Å². The average Bonchev–Trinajstić information content (AvgIpc) is 2.35. The molecule has 0 aliphatic heterocycles. The fraction of sp³-hybridized carbons (Fsp3) is 0.571. The Hall–Kier alpha value is -0.380. The molecule has 1 rings (SSSR count). The van der Waals surface area contributed by atoms with Crippen molar-refractivity contribution in [3.63, 3.8) is 0 Å². The van der Waals surface area contributed by atoms with E-state index in [-0.39, 0.29) is 6.10 Å². The molecule has 0 fully saturated rings. The lowest BCUT2D eigenvalue weighted by atomic mass is 10.2. The van der Waals surface area contributed by atoms with Crippen molar-refractivity contribution in [1.29, 1.82) is 0 Å². The quantitative estimate of drug-likeness (QED) is 0.828. The summed E-state index contributed by atoms with van der Waals surface area (Å²) in [6.45, 7) is 8.07. The zero-order chi connectivity index (χ0) is 12.7. The van der Waals surface area contributed by atoms with Crippen LogP contribution in [0.15, 0.2) is 28.7 Å². The number of hydrogen-bond acceptors (Lipinski definition) is 2. The molecule has 0 heterocycles. The van der Waals surface area contributed by atoms with Gasteiger partial charge in [0.25, 0.3) is 0 Å². The van der Waals surface area contributed by atoms with Crippen LogP contribution in [-0.2, 0) is 11.3 Å². The van der Waals surface area contributed by atoms with E-state index in [1.165, 1.54) is 5.56 Å². The predicted octanol–water partition coefficient (Wildman–Crippen LogP) is 3.74. The van der Waals surface area contributed by atoms with E-state index in [1.54, 1.807) is 0 Å². The molecule has 1 aromatic carbocycles. The molecule has 2 atom stereocenters. The van der Waals surface area contributed by atoms with Gasteiger partial charge in [0.1, 0.15) is 0 Å². The number of benzene rings is 1. The summed E-state index contributed by atoms with van der Waals surface area (Å²) in [7, 11) is 0. The summed E-state index contributed by atoms with van der Waals surface area (Å²) in [6.07, 6.45) is 1.40. The molecule has 0 bridgehead atoms. The summed E-state index contributed by atoms with van der Waals surface area (Å²) < 4.78 is 6.89. The van der Waals surface area contributed by atoms with E-state index in [2.05, 4.69) is 54.2 Å². The van der Waals surface area contributed by atoms with E-state index < -0.39 is 0 Å². The molecule has 1 aromatic rings. The van der Waals surface area contributed by atoms with Gasteiger partial charge in [-0.15, -0.1) is 0 Å². The van der Waals surface area contributed by atoms with Crippen LogP contribution in [0.1, 0.15) is 32.8 Å². The Labute approximate surface area is 113 Å². The van der Waals surface area contributed by atoms with Crippen molar-refractivity contribution in [1.82, 2.24) is 5.32 Å². The highest BCUT2D eigenvalue weighted by Crippen LogP contribution is 2.11. The number of hydrogen-bond donors (Lipinski definition) is 1. The fourth-order valence-electron chi connectivity index (χ4n) is 1.39. The van der Waals surface area contributed by atoms with Crippen LogP contribution in [0.25, 0.3) is 0 Å². The summed E-state index contributed by atoms with van der Waals surface area (Å²) in [5.74, 6) is 0. The molecule has 0 aromatic heterocycles. The molecule has 96 valence electrons. The van der Waals surface area contributed by atoms with Gasteiger partial charge in [-0.1, -0.05) is 35.0 Å². The van der Waals surface area contributed by atoms with Crippen LogP contribution < -0.4 is 5.32 Å². The molecule has 0 aliphatic rings. The average molecular weight is 300 g/mol. The van der Waals surface area contributed by atoms with Gasteiger partial charge in [-0.3, -0.25) is 0 Å². The monoisotopic (exact) mass is 299 g/mol. The number of nitrogens with one attached hydrogen (secondary N) is 1. The highest BCUT2D eigenvalue weighted by molar-refractivity contribution is 9.10. The molecule has 0 saturated heterocycles. The third-order valence-corrected chi connectivity index (χ3v) is 3.34. The Morgan fingerprint density at radius 3 is 2.47 bits per heavy atom. The van der Waals surface area contributed by atoms with E-state index in [4.69, 9.17) is 4.74 Å². The van der Waals surface area contributed by atoms with Crippen LogP contribution in [0.3, 0.4) is 0 Å². The first kappa shape index (κ1) is 14.7. The maximum absolute atomic E-state index is 5.78. The van der Waals surface area contributed by atoms with Crippen LogP contribution in [0, 0.1) is 0 Å².